The molecule has 0 amide bonds. The molecule has 3 heteroatoms. The molecule has 0 aromatic carbocycles. The summed E-state index contributed by atoms with van der Waals surface area (Å²) in [7, 11) is 0. The van der Waals surface area contributed by atoms with E-state index >= 15 is 0 Å². The highest BCUT2D eigenvalue weighted by molar-refractivity contribution is 4.98. The van der Waals surface area contributed by atoms with E-state index < -0.39 is 0 Å². The fraction of sp³-hybridized carbons (Fsp3) is 0.778. The third-order valence-corrected chi connectivity index (χ3v) is 1.88. The second kappa shape index (κ2) is 4.60. The number of aliphatic hydroxyl groups excluding tert-OH is 1. The molecule has 0 aromatic rings. The lowest BCUT2D eigenvalue weighted by Crippen LogP contribution is -2.34. The topological polar surface area (TPSA) is 38.7 Å². The molecule has 12 heavy (non-hydrogen) atoms. The largest absolute Gasteiger partial charge is 0.393 e. The maximum absolute atomic E-state index is 8.83. The molecular weight excluding hydrogens is 156 g/mol. The van der Waals surface area contributed by atoms with Gasteiger partial charge in [-0.1, -0.05) is 19.1 Å². The van der Waals surface area contributed by atoms with Crippen molar-refractivity contribution in [2.45, 2.75) is 26.2 Å². The number of hydrogen-bond acceptors (Lipinski definition) is 3. The second-order valence-electron chi connectivity index (χ2n) is 2.92. The summed E-state index contributed by atoms with van der Waals surface area (Å²) in [6, 6.07) is 0. The van der Waals surface area contributed by atoms with Crippen LogP contribution in [0.2, 0.25) is 0 Å². The molecule has 0 saturated heterocycles. The van der Waals surface area contributed by atoms with Crippen LogP contribution >= 0.6 is 0 Å². The fourth-order valence-electron chi connectivity index (χ4n) is 1.19. The first-order chi connectivity index (χ1) is 5.77. The van der Waals surface area contributed by atoms with E-state index in [9.17, 15) is 0 Å². The third kappa shape index (κ3) is 2.30. The summed E-state index contributed by atoms with van der Waals surface area (Å²) in [6.45, 7) is 4.63. The van der Waals surface area contributed by atoms with Crippen LogP contribution in [0.1, 0.15) is 13.8 Å². The first-order valence-corrected chi connectivity index (χ1v) is 4.34. The van der Waals surface area contributed by atoms with E-state index in [2.05, 4.69) is 0 Å². The minimum Gasteiger partial charge on any atom is -0.393 e. The smallest absolute Gasteiger partial charge is 0.164 e. The predicted molar refractivity (Wildman–Crippen MR) is 45.7 cm³/mol. The first kappa shape index (κ1) is 9.71. The lowest BCUT2D eigenvalue weighted by atomic mass is 10.1. The Morgan fingerprint density at radius 1 is 1.50 bits per heavy atom. The zero-order valence-electron chi connectivity index (χ0n) is 7.56. The van der Waals surface area contributed by atoms with E-state index in [1.165, 1.54) is 0 Å². The van der Waals surface area contributed by atoms with Crippen LogP contribution in [0, 0.1) is 5.92 Å². The summed E-state index contributed by atoms with van der Waals surface area (Å²) in [5, 5.41) is 8.83. The number of hydrogen-bond donors (Lipinski definition) is 1. The molecule has 0 fully saturated rings. The van der Waals surface area contributed by atoms with Crippen molar-refractivity contribution in [2.75, 3.05) is 13.2 Å². The Bertz CT molecular complexity index is 156. The highest BCUT2D eigenvalue weighted by atomic mass is 16.7. The standard InChI is InChI=1S/C9H16O3/c1-3-11-9-7(2)4-5-8(6-10)12-9/h4-5,7-10H,3,6H2,1-2H3. The number of ether oxygens (including phenoxy) is 2. The molecule has 0 aliphatic carbocycles. The molecule has 0 saturated carbocycles. The van der Waals surface area contributed by atoms with Crippen LogP contribution in [0.25, 0.3) is 0 Å². The van der Waals surface area contributed by atoms with Gasteiger partial charge in [-0.2, -0.15) is 0 Å². The van der Waals surface area contributed by atoms with Crippen molar-refractivity contribution in [1.82, 2.24) is 0 Å². The summed E-state index contributed by atoms with van der Waals surface area (Å²) in [5.41, 5.74) is 0. The van der Waals surface area contributed by atoms with Crippen LogP contribution in [-0.4, -0.2) is 30.7 Å². The van der Waals surface area contributed by atoms with Crippen molar-refractivity contribution in [3.63, 3.8) is 0 Å². The van der Waals surface area contributed by atoms with Gasteiger partial charge in [0.15, 0.2) is 6.29 Å². The molecule has 0 aromatic heterocycles. The summed E-state index contributed by atoms with van der Waals surface area (Å²) >= 11 is 0. The van der Waals surface area contributed by atoms with Crippen LogP contribution in [-0.2, 0) is 9.47 Å². The summed E-state index contributed by atoms with van der Waals surface area (Å²) in [6.07, 6.45) is 3.50. The van der Waals surface area contributed by atoms with Crippen LogP contribution in [0.15, 0.2) is 12.2 Å². The van der Waals surface area contributed by atoms with Gasteiger partial charge in [-0.05, 0) is 6.92 Å². The van der Waals surface area contributed by atoms with Crippen LogP contribution in [0.3, 0.4) is 0 Å². The zero-order chi connectivity index (χ0) is 8.97. The Morgan fingerprint density at radius 3 is 2.83 bits per heavy atom. The van der Waals surface area contributed by atoms with Crippen LogP contribution < -0.4 is 0 Å². The minimum absolute atomic E-state index is 0.0206. The Kier molecular flexibility index (Phi) is 3.72. The van der Waals surface area contributed by atoms with Gasteiger partial charge in [-0.25, -0.2) is 0 Å². The van der Waals surface area contributed by atoms with Crippen molar-refractivity contribution >= 4 is 0 Å². The molecule has 1 aliphatic rings. The maximum atomic E-state index is 8.83. The Morgan fingerprint density at radius 2 is 2.25 bits per heavy atom. The Hall–Kier alpha value is -0.380. The Labute approximate surface area is 73.0 Å². The molecule has 3 atom stereocenters. The van der Waals surface area contributed by atoms with Crippen molar-refractivity contribution in [1.29, 1.82) is 0 Å². The van der Waals surface area contributed by atoms with Crippen molar-refractivity contribution in [2.24, 2.45) is 5.92 Å². The monoisotopic (exact) mass is 172 g/mol. The fourth-order valence-corrected chi connectivity index (χ4v) is 1.19. The molecule has 3 unspecified atom stereocenters. The van der Waals surface area contributed by atoms with E-state index in [0.717, 1.165) is 0 Å². The summed E-state index contributed by atoms with van der Waals surface area (Å²) in [5.74, 6) is 0.271. The molecule has 3 nitrogen and oxygen atoms in total. The molecule has 70 valence electrons. The lowest BCUT2D eigenvalue weighted by Gasteiger charge is -2.29. The highest BCUT2D eigenvalue weighted by Crippen LogP contribution is 2.18. The molecule has 1 aliphatic heterocycles. The average Bonchev–Trinajstić information content (AvgIpc) is 2.09. The predicted octanol–water partition coefficient (Wildman–Crippen LogP) is 0.932. The van der Waals surface area contributed by atoms with Gasteiger partial charge in [0.05, 0.1) is 6.61 Å². The number of rotatable bonds is 3. The molecule has 1 rings (SSSR count). The van der Waals surface area contributed by atoms with E-state index in [0.29, 0.717) is 6.61 Å². The lowest BCUT2D eigenvalue weighted by molar-refractivity contribution is -0.187. The summed E-state index contributed by atoms with van der Waals surface area (Å²) in [4.78, 5) is 0. The van der Waals surface area contributed by atoms with Gasteiger partial charge in [0.1, 0.15) is 6.10 Å². The van der Waals surface area contributed by atoms with Gasteiger partial charge in [0.25, 0.3) is 0 Å². The van der Waals surface area contributed by atoms with Crippen molar-refractivity contribution < 1.29 is 14.6 Å². The molecule has 1 N–H and O–H groups in total. The average molecular weight is 172 g/mol. The molecule has 0 radical (unpaired) electrons. The van der Waals surface area contributed by atoms with E-state index in [-0.39, 0.29) is 24.9 Å². The zero-order valence-corrected chi connectivity index (χ0v) is 7.56. The van der Waals surface area contributed by atoms with Gasteiger partial charge < -0.3 is 14.6 Å². The highest BCUT2D eigenvalue weighted by Gasteiger charge is 2.23. The van der Waals surface area contributed by atoms with Gasteiger partial charge in [-0.15, -0.1) is 0 Å². The van der Waals surface area contributed by atoms with Crippen LogP contribution in [0.5, 0.6) is 0 Å². The van der Waals surface area contributed by atoms with E-state index in [1.54, 1.807) is 0 Å². The molecule has 0 spiro atoms. The van der Waals surface area contributed by atoms with Gasteiger partial charge >= 0.3 is 0 Å². The number of aliphatic hydroxyl groups is 1. The van der Waals surface area contributed by atoms with Gasteiger partial charge in [0, 0.05) is 12.5 Å². The van der Waals surface area contributed by atoms with Gasteiger partial charge in [0.2, 0.25) is 0 Å². The Balaban J connectivity index is 2.47. The molecular formula is C9H16O3. The van der Waals surface area contributed by atoms with Crippen molar-refractivity contribution in [3.05, 3.63) is 12.2 Å². The normalized spacial score (nSPS) is 35.4. The maximum Gasteiger partial charge on any atom is 0.164 e. The minimum atomic E-state index is -0.197. The van der Waals surface area contributed by atoms with E-state index in [1.807, 2.05) is 26.0 Å². The SMILES string of the molecule is CCOC1OC(CO)C=CC1C. The molecule has 1 heterocycles. The summed E-state index contributed by atoms with van der Waals surface area (Å²) < 4.78 is 10.8. The van der Waals surface area contributed by atoms with Crippen molar-refractivity contribution in [3.8, 4) is 0 Å². The van der Waals surface area contributed by atoms with Crippen LogP contribution in [0.4, 0.5) is 0 Å². The third-order valence-electron chi connectivity index (χ3n) is 1.88. The van der Waals surface area contributed by atoms with Gasteiger partial charge in [-0.3, -0.25) is 0 Å². The second-order valence-corrected chi connectivity index (χ2v) is 2.92. The molecule has 0 bridgehead atoms. The quantitative estimate of drug-likeness (QED) is 0.644. The van der Waals surface area contributed by atoms with E-state index in [4.69, 9.17) is 14.6 Å². The first-order valence-electron chi connectivity index (χ1n) is 4.34.